The van der Waals surface area contributed by atoms with Gasteiger partial charge < -0.3 is 9.64 Å². The molecule has 2 aliphatic heterocycles. The Morgan fingerprint density at radius 3 is 2.54 bits per heavy atom. The summed E-state index contributed by atoms with van der Waals surface area (Å²) in [7, 11) is -2.04. The third kappa shape index (κ3) is 3.49. The molecule has 9 nitrogen and oxygen atoms in total. The van der Waals surface area contributed by atoms with Crippen molar-refractivity contribution in [1.29, 1.82) is 0 Å². The summed E-state index contributed by atoms with van der Waals surface area (Å²) in [5, 5.41) is 4.16. The van der Waals surface area contributed by atoms with Crippen LogP contribution in [0.2, 0.25) is 0 Å². The van der Waals surface area contributed by atoms with Crippen molar-refractivity contribution in [3.05, 3.63) is 36.4 Å². The van der Waals surface area contributed by atoms with Gasteiger partial charge in [0.1, 0.15) is 17.9 Å². The Balaban J connectivity index is 1.38. The number of amides is 1. The molecule has 1 unspecified atom stereocenters. The van der Waals surface area contributed by atoms with Crippen LogP contribution in [-0.2, 0) is 27.8 Å². The fraction of sp³-hybridized carbons (Fsp3) is 0.500. The lowest BCUT2D eigenvalue weighted by molar-refractivity contribution is -0.137. The molecule has 0 saturated carbocycles. The molecule has 1 amide bonds. The van der Waals surface area contributed by atoms with Gasteiger partial charge in [0, 0.05) is 32.6 Å². The largest absolute Gasteiger partial charge is 0.497 e. The second-order valence-corrected chi connectivity index (χ2v) is 8.94. The van der Waals surface area contributed by atoms with E-state index in [4.69, 9.17) is 4.74 Å². The molecule has 10 heteroatoms. The first-order valence-electron chi connectivity index (χ1n) is 9.28. The van der Waals surface area contributed by atoms with Crippen molar-refractivity contribution in [2.24, 2.45) is 5.92 Å². The van der Waals surface area contributed by atoms with Crippen LogP contribution in [0.1, 0.15) is 12.2 Å². The molecule has 1 aromatic carbocycles. The van der Waals surface area contributed by atoms with E-state index in [0.29, 0.717) is 38.5 Å². The first-order valence-corrected chi connectivity index (χ1v) is 10.7. The van der Waals surface area contributed by atoms with Gasteiger partial charge >= 0.3 is 0 Å². The maximum Gasteiger partial charge on any atom is 0.243 e. The molecular formula is C18H23N5O4S. The number of ether oxygens (including phenoxy) is 1. The van der Waals surface area contributed by atoms with Gasteiger partial charge in [-0.25, -0.2) is 18.1 Å². The number of sulfonamides is 1. The molecule has 1 fully saturated rings. The number of hydrogen-bond acceptors (Lipinski definition) is 6. The van der Waals surface area contributed by atoms with Gasteiger partial charge in [-0.15, -0.1) is 0 Å². The van der Waals surface area contributed by atoms with Crippen molar-refractivity contribution in [2.45, 2.75) is 24.3 Å². The van der Waals surface area contributed by atoms with E-state index in [-0.39, 0.29) is 16.7 Å². The first-order chi connectivity index (χ1) is 13.5. The fourth-order valence-electron chi connectivity index (χ4n) is 3.74. The van der Waals surface area contributed by atoms with Crippen LogP contribution in [0.3, 0.4) is 0 Å². The lowest BCUT2D eigenvalue weighted by Crippen LogP contribution is -2.52. The second-order valence-electron chi connectivity index (χ2n) is 7.00. The highest BCUT2D eigenvalue weighted by Gasteiger charge is 2.34. The molecule has 150 valence electrons. The van der Waals surface area contributed by atoms with E-state index >= 15 is 0 Å². The average Bonchev–Trinajstić information content (AvgIpc) is 3.21. The van der Waals surface area contributed by atoms with Crippen molar-refractivity contribution >= 4 is 15.9 Å². The van der Waals surface area contributed by atoms with Crippen LogP contribution in [0.4, 0.5) is 0 Å². The summed E-state index contributed by atoms with van der Waals surface area (Å²) < 4.78 is 34.0. The summed E-state index contributed by atoms with van der Waals surface area (Å²) in [4.78, 5) is 19.1. The van der Waals surface area contributed by atoms with Crippen LogP contribution in [0.5, 0.6) is 5.75 Å². The quantitative estimate of drug-likeness (QED) is 0.730. The molecule has 0 aliphatic carbocycles. The number of nitrogens with zero attached hydrogens (tertiary/aromatic N) is 5. The van der Waals surface area contributed by atoms with Gasteiger partial charge in [-0.3, -0.25) is 4.79 Å². The van der Waals surface area contributed by atoms with Crippen molar-refractivity contribution in [3.8, 4) is 5.75 Å². The molecule has 2 aromatic rings. The number of hydrogen-bond donors (Lipinski definition) is 0. The minimum Gasteiger partial charge on any atom is -0.497 e. The van der Waals surface area contributed by atoms with Crippen LogP contribution in [0, 0.1) is 5.92 Å². The van der Waals surface area contributed by atoms with Gasteiger partial charge in [-0.2, -0.15) is 9.40 Å². The number of methoxy groups -OCH3 is 1. The summed E-state index contributed by atoms with van der Waals surface area (Å²) in [5.74, 6) is 1.47. The SMILES string of the molecule is COc1ccc(S(=O)(=O)N2CCN(C(=O)C3CCc4ncnn4C3)CC2)cc1. The minimum atomic E-state index is -3.58. The molecule has 3 heterocycles. The van der Waals surface area contributed by atoms with Crippen LogP contribution >= 0.6 is 0 Å². The molecule has 0 bridgehead atoms. The zero-order chi connectivity index (χ0) is 19.7. The van der Waals surface area contributed by atoms with Crippen molar-refractivity contribution in [2.75, 3.05) is 33.3 Å². The predicted molar refractivity (Wildman–Crippen MR) is 100 cm³/mol. The van der Waals surface area contributed by atoms with Gasteiger partial charge in [-0.05, 0) is 30.7 Å². The van der Waals surface area contributed by atoms with E-state index in [1.165, 1.54) is 17.7 Å². The second kappa shape index (κ2) is 7.51. The molecule has 1 saturated heterocycles. The zero-order valence-electron chi connectivity index (χ0n) is 15.7. The smallest absolute Gasteiger partial charge is 0.243 e. The van der Waals surface area contributed by atoms with E-state index in [9.17, 15) is 13.2 Å². The molecule has 2 aliphatic rings. The summed E-state index contributed by atoms with van der Waals surface area (Å²) in [6.07, 6.45) is 3.01. The lowest BCUT2D eigenvalue weighted by Gasteiger charge is -2.36. The Hall–Kier alpha value is -2.46. The van der Waals surface area contributed by atoms with Crippen LogP contribution in [0.15, 0.2) is 35.5 Å². The monoisotopic (exact) mass is 405 g/mol. The Morgan fingerprint density at radius 1 is 1.14 bits per heavy atom. The highest BCUT2D eigenvalue weighted by molar-refractivity contribution is 7.89. The Bertz CT molecular complexity index is 949. The van der Waals surface area contributed by atoms with E-state index in [1.807, 2.05) is 0 Å². The lowest BCUT2D eigenvalue weighted by atomic mass is 9.98. The normalized spacial score (nSPS) is 20.6. The summed E-state index contributed by atoms with van der Waals surface area (Å²) in [5.41, 5.74) is 0. The maximum atomic E-state index is 12.9. The summed E-state index contributed by atoms with van der Waals surface area (Å²) in [6, 6.07) is 6.36. The molecule has 28 heavy (non-hydrogen) atoms. The third-order valence-corrected chi connectivity index (χ3v) is 7.32. The highest BCUT2D eigenvalue weighted by Crippen LogP contribution is 2.23. The predicted octanol–water partition coefficient (Wildman–Crippen LogP) is 0.382. The fourth-order valence-corrected chi connectivity index (χ4v) is 5.17. The number of carbonyl (C=O) groups excluding carboxylic acids is 1. The Kier molecular flexibility index (Phi) is 5.07. The molecule has 0 N–H and O–H groups in total. The van der Waals surface area contributed by atoms with Gasteiger partial charge in [0.05, 0.1) is 24.5 Å². The highest BCUT2D eigenvalue weighted by atomic mass is 32.2. The van der Waals surface area contributed by atoms with Crippen LogP contribution in [-0.4, -0.2) is 71.6 Å². The zero-order valence-corrected chi connectivity index (χ0v) is 16.5. The van der Waals surface area contributed by atoms with E-state index in [2.05, 4.69) is 10.1 Å². The van der Waals surface area contributed by atoms with Gasteiger partial charge in [0.2, 0.25) is 15.9 Å². The van der Waals surface area contributed by atoms with Crippen molar-refractivity contribution < 1.29 is 17.9 Å². The van der Waals surface area contributed by atoms with E-state index < -0.39 is 10.0 Å². The number of rotatable bonds is 4. The molecule has 0 radical (unpaired) electrons. The number of fused-ring (bicyclic) bond motifs is 1. The molecule has 1 atom stereocenters. The number of benzene rings is 1. The number of carbonyl (C=O) groups is 1. The molecule has 0 spiro atoms. The molecular weight excluding hydrogens is 382 g/mol. The summed E-state index contributed by atoms with van der Waals surface area (Å²) >= 11 is 0. The van der Waals surface area contributed by atoms with Gasteiger partial charge in [-0.1, -0.05) is 0 Å². The number of piperazine rings is 1. The van der Waals surface area contributed by atoms with Crippen LogP contribution in [0.25, 0.3) is 0 Å². The standard InChI is InChI=1S/C18H23N5O4S/c1-27-15-3-5-16(6-4-15)28(25,26)22-10-8-21(9-11-22)18(24)14-2-7-17-19-13-20-23(17)12-14/h3-6,13-14H,2,7-12H2,1H3. The molecule has 4 rings (SSSR count). The maximum absolute atomic E-state index is 12.9. The number of aromatic nitrogens is 3. The topological polar surface area (TPSA) is 97.6 Å². The molecule has 1 aromatic heterocycles. The summed E-state index contributed by atoms with van der Waals surface area (Å²) in [6.45, 7) is 1.92. The Labute approximate surface area is 164 Å². The Morgan fingerprint density at radius 2 is 1.86 bits per heavy atom. The van der Waals surface area contributed by atoms with E-state index in [1.54, 1.807) is 33.8 Å². The van der Waals surface area contributed by atoms with Gasteiger partial charge in [0.15, 0.2) is 0 Å². The first kappa shape index (κ1) is 18.9. The van der Waals surface area contributed by atoms with E-state index in [0.717, 1.165) is 18.7 Å². The van der Waals surface area contributed by atoms with Crippen LogP contribution < -0.4 is 4.74 Å². The van der Waals surface area contributed by atoms with Gasteiger partial charge in [0.25, 0.3) is 0 Å². The average molecular weight is 405 g/mol. The van der Waals surface area contributed by atoms with Crippen molar-refractivity contribution in [3.63, 3.8) is 0 Å². The number of aryl methyl sites for hydroxylation is 1. The third-order valence-electron chi connectivity index (χ3n) is 5.40. The minimum absolute atomic E-state index is 0.0719. The van der Waals surface area contributed by atoms with Crippen molar-refractivity contribution in [1.82, 2.24) is 24.0 Å².